The van der Waals surface area contributed by atoms with Crippen LogP contribution in [0.15, 0.2) is 18.2 Å². The highest BCUT2D eigenvalue weighted by atomic mass is 19.1. The van der Waals surface area contributed by atoms with Crippen LogP contribution in [0.25, 0.3) is 0 Å². The van der Waals surface area contributed by atoms with Gasteiger partial charge in [-0.2, -0.15) is 0 Å². The third-order valence-corrected chi connectivity index (χ3v) is 2.87. The number of carbonyl (C=O) groups excluding carboxylic acids is 1. The molecule has 1 amide bonds. The normalized spacial score (nSPS) is 19.8. The van der Waals surface area contributed by atoms with Crippen LogP contribution < -0.4 is 4.90 Å². The molecule has 0 aromatic heterocycles. The molecule has 17 heavy (non-hydrogen) atoms. The summed E-state index contributed by atoms with van der Waals surface area (Å²) in [7, 11) is 0. The fourth-order valence-electron chi connectivity index (χ4n) is 1.94. The number of amides is 1. The zero-order chi connectivity index (χ0) is 12.6. The molecule has 1 saturated heterocycles. The summed E-state index contributed by atoms with van der Waals surface area (Å²) in [6, 6.07) is 4.53. The van der Waals surface area contributed by atoms with Crippen LogP contribution in [-0.4, -0.2) is 23.5 Å². The zero-order valence-corrected chi connectivity index (χ0v) is 9.31. The first kappa shape index (κ1) is 11.6. The minimum absolute atomic E-state index is 0.0359. The Hall–Kier alpha value is -1.91. The van der Waals surface area contributed by atoms with E-state index in [1.54, 1.807) is 13.0 Å². The van der Waals surface area contributed by atoms with Gasteiger partial charge in [0, 0.05) is 13.0 Å². The minimum Gasteiger partial charge on any atom is -0.481 e. The fraction of sp³-hybridized carbons (Fsp3) is 0.333. The first-order valence-electron chi connectivity index (χ1n) is 5.28. The van der Waals surface area contributed by atoms with E-state index in [0.29, 0.717) is 0 Å². The number of aryl methyl sites for hydroxylation is 1. The molecule has 0 unspecified atom stereocenters. The molecule has 0 bridgehead atoms. The molecule has 1 aromatic rings. The van der Waals surface area contributed by atoms with Crippen molar-refractivity contribution < 1.29 is 19.1 Å². The Kier molecular flexibility index (Phi) is 2.83. The van der Waals surface area contributed by atoms with Gasteiger partial charge >= 0.3 is 5.97 Å². The van der Waals surface area contributed by atoms with Crippen molar-refractivity contribution in [2.45, 2.75) is 13.3 Å². The summed E-state index contributed by atoms with van der Waals surface area (Å²) in [6.07, 6.45) is -0.0668. The maximum Gasteiger partial charge on any atom is 0.308 e. The lowest BCUT2D eigenvalue weighted by Crippen LogP contribution is -2.26. The topological polar surface area (TPSA) is 57.6 Å². The Morgan fingerprint density at radius 1 is 1.53 bits per heavy atom. The van der Waals surface area contributed by atoms with Gasteiger partial charge in [-0.1, -0.05) is 6.07 Å². The highest BCUT2D eigenvalue weighted by Crippen LogP contribution is 2.27. The van der Waals surface area contributed by atoms with E-state index in [-0.39, 0.29) is 24.6 Å². The van der Waals surface area contributed by atoms with E-state index in [1.807, 2.05) is 0 Å². The summed E-state index contributed by atoms with van der Waals surface area (Å²) in [5.74, 6) is -2.61. The number of anilines is 1. The van der Waals surface area contributed by atoms with E-state index in [1.165, 1.54) is 17.0 Å². The molecule has 0 saturated carbocycles. The second kappa shape index (κ2) is 4.16. The molecular formula is C12H12FNO3. The maximum absolute atomic E-state index is 13.7. The van der Waals surface area contributed by atoms with E-state index in [2.05, 4.69) is 0 Å². The van der Waals surface area contributed by atoms with Gasteiger partial charge in [-0.05, 0) is 24.6 Å². The minimum atomic E-state index is -1.02. The Morgan fingerprint density at radius 2 is 2.24 bits per heavy atom. The number of carboxylic acids is 1. The quantitative estimate of drug-likeness (QED) is 0.849. The largest absolute Gasteiger partial charge is 0.481 e. The SMILES string of the molecule is Cc1ccc(N2C[C@H](C(=O)O)CC2=O)c(F)c1. The predicted octanol–water partition coefficient (Wildman–Crippen LogP) is 1.57. The molecule has 2 rings (SSSR count). The second-order valence-electron chi connectivity index (χ2n) is 4.20. The number of carboxylic acid groups (broad SMARTS) is 1. The molecule has 5 heteroatoms. The van der Waals surface area contributed by atoms with Gasteiger partial charge < -0.3 is 10.0 Å². The molecule has 0 radical (unpaired) electrons. The van der Waals surface area contributed by atoms with Gasteiger partial charge in [0.1, 0.15) is 5.82 Å². The molecule has 1 fully saturated rings. The van der Waals surface area contributed by atoms with Crippen molar-refractivity contribution >= 4 is 17.6 Å². The zero-order valence-electron chi connectivity index (χ0n) is 9.31. The van der Waals surface area contributed by atoms with Crippen molar-refractivity contribution in [3.63, 3.8) is 0 Å². The number of aliphatic carboxylic acids is 1. The van der Waals surface area contributed by atoms with Crippen molar-refractivity contribution in [1.82, 2.24) is 0 Å². The summed E-state index contributed by atoms with van der Waals surface area (Å²) in [5.41, 5.74) is 0.914. The highest BCUT2D eigenvalue weighted by Gasteiger charge is 2.35. The first-order valence-corrected chi connectivity index (χ1v) is 5.28. The molecule has 1 heterocycles. The predicted molar refractivity (Wildman–Crippen MR) is 59.2 cm³/mol. The number of rotatable bonds is 2. The smallest absolute Gasteiger partial charge is 0.308 e. The number of carbonyl (C=O) groups is 2. The second-order valence-corrected chi connectivity index (χ2v) is 4.20. The van der Waals surface area contributed by atoms with Crippen molar-refractivity contribution in [2.75, 3.05) is 11.4 Å². The molecular weight excluding hydrogens is 225 g/mol. The first-order chi connectivity index (χ1) is 7.99. The molecule has 1 aliphatic heterocycles. The van der Waals surface area contributed by atoms with Crippen LogP contribution in [-0.2, 0) is 9.59 Å². The molecule has 90 valence electrons. The number of nitrogens with zero attached hydrogens (tertiary/aromatic N) is 1. The van der Waals surface area contributed by atoms with Crippen LogP contribution in [0.4, 0.5) is 10.1 Å². The van der Waals surface area contributed by atoms with Crippen molar-refractivity contribution in [3.05, 3.63) is 29.6 Å². The van der Waals surface area contributed by atoms with E-state index < -0.39 is 17.7 Å². The van der Waals surface area contributed by atoms with Crippen LogP contribution in [0.2, 0.25) is 0 Å². The Balaban J connectivity index is 2.29. The molecule has 4 nitrogen and oxygen atoms in total. The number of benzene rings is 1. The standard InChI is InChI=1S/C12H12FNO3/c1-7-2-3-10(9(13)4-7)14-6-8(12(16)17)5-11(14)15/h2-4,8H,5-6H2,1H3,(H,16,17)/t8-/m1/s1. The average molecular weight is 237 g/mol. The van der Waals surface area contributed by atoms with Gasteiger partial charge in [-0.15, -0.1) is 0 Å². The van der Waals surface area contributed by atoms with Crippen molar-refractivity contribution in [2.24, 2.45) is 5.92 Å². The molecule has 1 N–H and O–H groups in total. The summed E-state index contributed by atoms with van der Waals surface area (Å²) < 4.78 is 13.7. The Labute approximate surface area is 97.7 Å². The number of halogens is 1. The highest BCUT2D eigenvalue weighted by molar-refractivity contribution is 5.99. The molecule has 0 spiro atoms. The van der Waals surface area contributed by atoms with Crippen LogP contribution in [0.5, 0.6) is 0 Å². The lowest BCUT2D eigenvalue weighted by molar-refractivity contribution is -0.141. The molecule has 1 aliphatic rings. The summed E-state index contributed by atoms with van der Waals surface area (Å²) >= 11 is 0. The monoisotopic (exact) mass is 237 g/mol. The van der Waals surface area contributed by atoms with Gasteiger partial charge in [0.05, 0.1) is 11.6 Å². The van der Waals surface area contributed by atoms with E-state index >= 15 is 0 Å². The van der Waals surface area contributed by atoms with Crippen LogP contribution in [0, 0.1) is 18.7 Å². The van der Waals surface area contributed by atoms with Crippen LogP contribution >= 0.6 is 0 Å². The lowest BCUT2D eigenvalue weighted by Gasteiger charge is -2.17. The summed E-state index contributed by atoms with van der Waals surface area (Å²) in [5, 5.41) is 8.84. The average Bonchev–Trinajstić information content (AvgIpc) is 2.61. The molecule has 0 aliphatic carbocycles. The van der Waals surface area contributed by atoms with E-state index in [0.717, 1.165) is 5.56 Å². The number of hydrogen-bond donors (Lipinski definition) is 1. The van der Waals surface area contributed by atoms with E-state index in [4.69, 9.17) is 5.11 Å². The van der Waals surface area contributed by atoms with Gasteiger partial charge in [0.25, 0.3) is 0 Å². The maximum atomic E-state index is 13.7. The van der Waals surface area contributed by atoms with Gasteiger partial charge in [-0.25, -0.2) is 4.39 Å². The van der Waals surface area contributed by atoms with Crippen molar-refractivity contribution in [1.29, 1.82) is 0 Å². The fourth-order valence-corrected chi connectivity index (χ4v) is 1.94. The third-order valence-electron chi connectivity index (χ3n) is 2.87. The van der Waals surface area contributed by atoms with Gasteiger partial charge in [0.15, 0.2) is 0 Å². The Bertz CT molecular complexity index is 487. The molecule has 1 atom stereocenters. The molecule has 1 aromatic carbocycles. The van der Waals surface area contributed by atoms with Crippen LogP contribution in [0.1, 0.15) is 12.0 Å². The Morgan fingerprint density at radius 3 is 2.76 bits per heavy atom. The van der Waals surface area contributed by atoms with Crippen LogP contribution in [0.3, 0.4) is 0 Å². The van der Waals surface area contributed by atoms with Crippen molar-refractivity contribution in [3.8, 4) is 0 Å². The van der Waals surface area contributed by atoms with E-state index in [9.17, 15) is 14.0 Å². The van der Waals surface area contributed by atoms with Gasteiger partial charge in [-0.3, -0.25) is 9.59 Å². The summed E-state index contributed by atoms with van der Waals surface area (Å²) in [4.78, 5) is 23.6. The van der Waals surface area contributed by atoms with Gasteiger partial charge in [0.2, 0.25) is 5.91 Å². The lowest BCUT2D eigenvalue weighted by atomic mass is 10.1. The number of hydrogen-bond acceptors (Lipinski definition) is 2. The summed E-state index contributed by atoms with van der Waals surface area (Å²) in [6.45, 7) is 1.78. The third kappa shape index (κ3) is 2.13.